The molecule has 1 aliphatic rings. The Bertz CT molecular complexity index is 423. The minimum atomic E-state index is 0.667. The SMILES string of the molecule is CC1CCCC(C)N1CCCOc1cccc(C=O)c1. The number of ether oxygens (including phenoxy) is 1. The largest absolute Gasteiger partial charge is 0.494 e. The second kappa shape index (κ2) is 7.44. The predicted molar refractivity (Wildman–Crippen MR) is 81.4 cm³/mol. The van der Waals surface area contributed by atoms with Crippen LogP contribution in [0.5, 0.6) is 5.75 Å². The Labute approximate surface area is 121 Å². The van der Waals surface area contributed by atoms with E-state index in [9.17, 15) is 4.79 Å². The van der Waals surface area contributed by atoms with Crippen LogP contribution in [-0.4, -0.2) is 36.4 Å². The van der Waals surface area contributed by atoms with Crippen LogP contribution >= 0.6 is 0 Å². The van der Waals surface area contributed by atoms with Gasteiger partial charge in [0.1, 0.15) is 12.0 Å². The Morgan fingerprint density at radius 1 is 1.30 bits per heavy atom. The molecule has 0 saturated carbocycles. The first-order valence-corrected chi connectivity index (χ1v) is 7.64. The van der Waals surface area contributed by atoms with Gasteiger partial charge in [0.25, 0.3) is 0 Å². The van der Waals surface area contributed by atoms with Crippen molar-refractivity contribution in [2.45, 2.75) is 51.6 Å². The van der Waals surface area contributed by atoms with E-state index < -0.39 is 0 Å². The van der Waals surface area contributed by atoms with Gasteiger partial charge in [-0.25, -0.2) is 0 Å². The van der Waals surface area contributed by atoms with Crippen LogP contribution in [0, 0.1) is 0 Å². The summed E-state index contributed by atoms with van der Waals surface area (Å²) in [5.41, 5.74) is 0.667. The molecule has 0 spiro atoms. The summed E-state index contributed by atoms with van der Waals surface area (Å²) in [7, 11) is 0. The summed E-state index contributed by atoms with van der Waals surface area (Å²) in [4.78, 5) is 13.3. The van der Waals surface area contributed by atoms with Crippen molar-refractivity contribution >= 4 is 6.29 Å². The van der Waals surface area contributed by atoms with Gasteiger partial charge in [0.2, 0.25) is 0 Å². The lowest BCUT2D eigenvalue weighted by atomic mass is 9.97. The molecule has 1 aromatic rings. The molecule has 2 unspecified atom stereocenters. The highest BCUT2D eigenvalue weighted by atomic mass is 16.5. The molecule has 3 nitrogen and oxygen atoms in total. The third kappa shape index (κ3) is 4.07. The number of nitrogens with zero attached hydrogens (tertiary/aromatic N) is 1. The molecule has 2 rings (SSSR count). The third-order valence-electron chi connectivity index (χ3n) is 4.20. The maximum Gasteiger partial charge on any atom is 0.150 e. The van der Waals surface area contributed by atoms with Gasteiger partial charge in [-0.3, -0.25) is 9.69 Å². The number of carbonyl (C=O) groups is 1. The number of aldehydes is 1. The molecule has 0 radical (unpaired) electrons. The van der Waals surface area contributed by atoms with Crippen LogP contribution < -0.4 is 4.74 Å². The Morgan fingerprint density at radius 2 is 2.05 bits per heavy atom. The smallest absolute Gasteiger partial charge is 0.150 e. The van der Waals surface area contributed by atoms with Crippen molar-refractivity contribution < 1.29 is 9.53 Å². The highest BCUT2D eigenvalue weighted by molar-refractivity contribution is 5.75. The van der Waals surface area contributed by atoms with E-state index in [1.54, 1.807) is 12.1 Å². The molecule has 110 valence electrons. The molecule has 0 amide bonds. The zero-order valence-electron chi connectivity index (χ0n) is 12.5. The van der Waals surface area contributed by atoms with E-state index in [1.807, 2.05) is 12.1 Å². The maximum atomic E-state index is 10.7. The molecule has 1 aliphatic heterocycles. The summed E-state index contributed by atoms with van der Waals surface area (Å²) in [6.07, 6.45) is 5.86. The van der Waals surface area contributed by atoms with E-state index in [1.165, 1.54) is 19.3 Å². The first-order valence-electron chi connectivity index (χ1n) is 7.64. The Morgan fingerprint density at radius 3 is 2.75 bits per heavy atom. The molecule has 0 N–H and O–H groups in total. The fraction of sp³-hybridized carbons (Fsp3) is 0.588. The highest BCUT2D eigenvalue weighted by Crippen LogP contribution is 2.22. The lowest BCUT2D eigenvalue weighted by Crippen LogP contribution is -2.44. The quantitative estimate of drug-likeness (QED) is 0.587. The summed E-state index contributed by atoms with van der Waals surface area (Å²) < 4.78 is 5.72. The first-order chi connectivity index (χ1) is 9.70. The number of hydrogen-bond donors (Lipinski definition) is 0. The molecule has 2 atom stereocenters. The Kier molecular flexibility index (Phi) is 5.60. The Hall–Kier alpha value is -1.35. The van der Waals surface area contributed by atoms with Crippen LogP contribution in [-0.2, 0) is 0 Å². The zero-order chi connectivity index (χ0) is 14.4. The van der Waals surface area contributed by atoms with E-state index >= 15 is 0 Å². The van der Waals surface area contributed by atoms with E-state index in [0.717, 1.165) is 25.0 Å². The molecule has 0 bridgehead atoms. The maximum absolute atomic E-state index is 10.7. The van der Waals surface area contributed by atoms with Gasteiger partial charge < -0.3 is 4.74 Å². The fourth-order valence-electron chi connectivity index (χ4n) is 3.03. The van der Waals surface area contributed by atoms with Gasteiger partial charge in [-0.2, -0.15) is 0 Å². The second-order valence-electron chi connectivity index (χ2n) is 5.76. The molecule has 20 heavy (non-hydrogen) atoms. The van der Waals surface area contributed by atoms with Gasteiger partial charge in [-0.15, -0.1) is 0 Å². The summed E-state index contributed by atoms with van der Waals surface area (Å²) in [6.45, 7) is 6.45. The first kappa shape index (κ1) is 15.0. The number of piperidine rings is 1. The van der Waals surface area contributed by atoms with E-state index in [-0.39, 0.29) is 0 Å². The Balaban J connectivity index is 1.74. The lowest BCUT2D eigenvalue weighted by molar-refractivity contribution is 0.0960. The molecule has 1 saturated heterocycles. The minimum Gasteiger partial charge on any atom is -0.494 e. The van der Waals surface area contributed by atoms with Crippen molar-refractivity contribution in [1.82, 2.24) is 4.90 Å². The number of hydrogen-bond acceptors (Lipinski definition) is 3. The van der Waals surface area contributed by atoms with Crippen molar-refractivity contribution in [2.75, 3.05) is 13.2 Å². The minimum absolute atomic E-state index is 0.667. The molecular weight excluding hydrogens is 250 g/mol. The van der Waals surface area contributed by atoms with Gasteiger partial charge in [-0.1, -0.05) is 18.6 Å². The molecule has 0 aromatic heterocycles. The summed E-state index contributed by atoms with van der Waals surface area (Å²) in [5, 5.41) is 0. The van der Waals surface area contributed by atoms with Crippen LogP contribution in [0.3, 0.4) is 0 Å². The van der Waals surface area contributed by atoms with Crippen LogP contribution in [0.2, 0.25) is 0 Å². The molecule has 1 aromatic carbocycles. The standard InChI is InChI=1S/C17H25NO2/c1-14-6-3-7-15(2)18(14)10-5-11-20-17-9-4-8-16(12-17)13-19/h4,8-9,12-15H,3,5-7,10-11H2,1-2H3. The number of benzene rings is 1. The van der Waals surface area contributed by atoms with Crippen molar-refractivity contribution in [3.05, 3.63) is 29.8 Å². The van der Waals surface area contributed by atoms with Crippen molar-refractivity contribution in [3.63, 3.8) is 0 Å². The van der Waals surface area contributed by atoms with Crippen molar-refractivity contribution in [1.29, 1.82) is 0 Å². The van der Waals surface area contributed by atoms with Gasteiger partial charge in [0, 0.05) is 24.2 Å². The van der Waals surface area contributed by atoms with Crippen LogP contribution in [0.15, 0.2) is 24.3 Å². The lowest BCUT2D eigenvalue weighted by Gasteiger charge is -2.39. The average molecular weight is 275 g/mol. The van der Waals surface area contributed by atoms with Gasteiger partial charge in [0.05, 0.1) is 6.61 Å². The topological polar surface area (TPSA) is 29.5 Å². The number of rotatable bonds is 6. The van der Waals surface area contributed by atoms with Gasteiger partial charge in [0.15, 0.2) is 0 Å². The summed E-state index contributed by atoms with van der Waals surface area (Å²) >= 11 is 0. The molecular formula is C17H25NO2. The van der Waals surface area contributed by atoms with E-state index in [0.29, 0.717) is 24.3 Å². The molecule has 1 fully saturated rings. The van der Waals surface area contributed by atoms with Gasteiger partial charge in [-0.05, 0) is 45.2 Å². The summed E-state index contributed by atoms with van der Waals surface area (Å²) in [5.74, 6) is 0.786. The predicted octanol–water partition coefficient (Wildman–Crippen LogP) is 3.53. The third-order valence-corrected chi connectivity index (χ3v) is 4.20. The molecule has 3 heteroatoms. The normalized spacial score (nSPS) is 23.5. The van der Waals surface area contributed by atoms with Crippen LogP contribution in [0.25, 0.3) is 0 Å². The second-order valence-corrected chi connectivity index (χ2v) is 5.76. The van der Waals surface area contributed by atoms with Crippen molar-refractivity contribution in [3.8, 4) is 5.75 Å². The number of likely N-dealkylation sites (tertiary alicyclic amines) is 1. The highest BCUT2D eigenvalue weighted by Gasteiger charge is 2.23. The van der Waals surface area contributed by atoms with E-state index in [4.69, 9.17) is 4.74 Å². The monoisotopic (exact) mass is 275 g/mol. The van der Waals surface area contributed by atoms with E-state index in [2.05, 4.69) is 18.7 Å². The number of carbonyl (C=O) groups excluding carboxylic acids is 1. The molecule has 1 heterocycles. The van der Waals surface area contributed by atoms with Crippen LogP contribution in [0.4, 0.5) is 0 Å². The molecule has 0 aliphatic carbocycles. The van der Waals surface area contributed by atoms with Crippen LogP contribution in [0.1, 0.15) is 49.9 Å². The average Bonchev–Trinajstić information content (AvgIpc) is 2.46. The fourth-order valence-corrected chi connectivity index (χ4v) is 3.03. The summed E-state index contributed by atoms with van der Waals surface area (Å²) in [6, 6.07) is 8.72. The van der Waals surface area contributed by atoms with Crippen molar-refractivity contribution in [2.24, 2.45) is 0 Å². The van der Waals surface area contributed by atoms with Gasteiger partial charge >= 0.3 is 0 Å². The zero-order valence-corrected chi connectivity index (χ0v) is 12.5.